The second-order valence-electron chi connectivity index (χ2n) is 4.11. The van der Waals surface area contributed by atoms with Gasteiger partial charge in [0.1, 0.15) is 5.69 Å². The summed E-state index contributed by atoms with van der Waals surface area (Å²) >= 11 is 0. The number of benzene rings is 1. The minimum Gasteiger partial charge on any atom is -0.297 e. The predicted octanol–water partition coefficient (Wildman–Crippen LogP) is 1.36. The molecule has 0 radical (unpaired) electrons. The fourth-order valence-corrected chi connectivity index (χ4v) is 1.85. The number of aromatic amines is 1. The summed E-state index contributed by atoms with van der Waals surface area (Å²) in [5.74, 6) is 0. The highest BCUT2D eigenvalue weighted by atomic mass is 16.6. The molecule has 0 aliphatic rings. The highest BCUT2D eigenvalue weighted by molar-refractivity contribution is 5.36. The molecule has 2 aromatic rings. The molecule has 7 nitrogen and oxygen atoms in total. The van der Waals surface area contributed by atoms with Crippen molar-refractivity contribution in [1.29, 1.82) is 0 Å². The maximum absolute atomic E-state index is 10.6. The van der Waals surface area contributed by atoms with Crippen LogP contribution in [0.25, 0.3) is 0 Å². The van der Waals surface area contributed by atoms with E-state index in [9.17, 15) is 10.1 Å². The van der Waals surface area contributed by atoms with E-state index in [0.717, 1.165) is 11.3 Å². The third-order valence-corrected chi connectivity index (χ3v) is 2.65. The fourth-order valence-electron chi connectivity index (χ4n) is 1.85. The molecule has 1 heterocycles. The minimum atomic E-state index is -0.412. The van der Waals surface area contributed by atoms with Crippen molar-refractivity contribution in [3.05, 3.63) is 51.8 Å². The van der Waals surface area contributed by atoms with E-state index in [1.54, 1.807) is 18.3 Å². The van der Waals surface area contributed by atoms with Crippen LogP contribution in [0.15, 0.2) is 30.5 Å². The topological polar surface area (TPSA) is 88.0 Å². The molecule has 0 amide bonds. The predicted molar refractivity (Wildman–Crippen MR) is 65.0 cm³/mol. The third kappa shape index (κ3) is 2.35. The van der Waals surface area contributed by atoms with Crippen LogP contribution >= 0.6 is 0 Å². The van der Waals surface area contributed by atoms with E-state index in [2.05, 4.69) is 15.4 Å². The number of nitrogens with zero attached hydrogens (tertiary/aromatic N) is 4. The first-order valence-corrected chi connectivity index (χ1v) is 5.36. The van der Waals surface area contributed by atoms with Gasteiger partial charge in [0.25, 0.3) is 5.69 Å². The number of hydrogen-bond acceptors (Lipinski definition) is 5. The van der Waals surface area contributed by atoms with Crippen molar-refractivity contribution in [2.24, 2.45) is 0 Å². The molecular weight excluding hydrogens is 234 g/mol. The normalized spacial score (nSPS) is 12.6. The molecule has 94 valence electrons. The molecule has 0 fully saturated rings. The lowest BCUT2D eigenvalue weighted by Gasteiger charge is -2.22. The van der Waals surface area contributed by atoms with Gasteiger partial charge in [-0.1, -0.05) is 12.1 Å². The molecule has 0 aliphatic carbocycles. The largest absolute Gasteiger partial charge is 0.297 e. The second kappa shape index (κ2) is 4.92. The lowest BCUT2D eigenvalue weighted by molar-refractivity contribution is -0.384. The van der Waals surface area contributed by atoms with Gasteiger partial charge in [-0.2, -0.15) is 15.4 Å². The highest BCUT2D eigenvalue weighted by Crippen LogP contribution is 2.25. The number of aromatic nitrogens is 3. The molecular formula is C11H13N5O2. The summed E-state index contributed by atoms with van der Waals surface area (Å²) in [6, 6.07) is 6.37. The summed E-state index contributed by atoms with van der Waals surface area (Å²) in [7, 11) is 3.83. The van der Waals surface area contributed by atoms with Crippen molar-refractivity contribution in [3.63, 3.8) is 0 Å². The fraction of sp³-hybridized carbons (Fsp3) is 0.273. The maximum Gasteiger partial charge on any atom is 0.269 e. The number of H-pyrrole nitrogens is 1. The van der Waals surface area contributed by atoms with Crippen LogP contribution in [0.2, 0.25) is 0 Å². The van der Waals surface area contributed by atoms with Gasteiger partial charge in [-0.3, -0.25) is 15.0 Å². The van der Waals surface area contributed by atoms with Gasteiger partial charge in [0, 0.05) is 12.1 Å². The molecule has 1 unspecified atom stereocenters. The van der Waals surface area contributed by atoms with E-state index in [1.165, 1.54) is 12.1 Å². The zero-order valence-electron chi connectivity index (χ0n) is 10.1. The average molecular weight is 247 g/mol. The van der Waals surface area contributed by atoms with E-state index in [0.29, 0.717) is 0 Å². The molecule has 7 heteroatoms. The zero-order valence-corrected chi connectivity index (χ0v) is 10.1. The van der Waals surface area contributed by atoms with Gasteiger partial charge in [-0.05, 0) is 19.7 Å². The van der Waals surface area contributed by atoms with E-state index in [-0.39, 0.29) is 11.7 Å². The first kappa shape index (κ1) is 12.2. The molecule has 2 rings (SSSR count). The molecule has 1 atom stereocenters. The van der Waals surface area contributed by atoms with E-state index in [4.69, 9.17) is 0 Å². The highest BCUT2D eigenvalue weighted by Gasteiger charge is 2.19. The Bertz CT molecular complexity index is 521. The van der Waals surface area contributed by atoms with E-state index >= 15 is 0 Å². The smallest absolute Gasteiger partial charge is 0.269 e. The second-order valence-corrected chi connectivity index (χ2v) is 4.11. The maximum atomic E-state index is 10.6. The summed E-state index contributed by atoms with van der Waals surface area (Å²) in [4.78, 5) is 12.2. The summed E-state index contributed by atoms with van der Waals surface area (Å²) in [6.07, 6.45) is 1.64. The zero-order chi connectivity index (χ0) is 13.1. The van der Waals surface area contributed by atoms with Gasteiger partial charge in [0.2, 0.25) is 0 Å². The van der Waals surface area contributed by atoms with Crippen LogP contribution < -0.4 is 0 Å². The van der Waals surface area contributed by atoms with Crippen LogP contribution in [-0.4, -0.2) is 39.3 Å². The number of rotatable bonds is 4. The first-order chi connectivity index (χ1) is 8.59. The Morgan fingerprint density at radius 2 is 2.00 bits per heavy atom. The van der Waals surface area contributed by atoms with E-state index in [1.807, 2.05) is 19.0 Å². The van der Waals surface area contributed by atoms with Crippen molar-refractivity contribution < 1.29 is 4.92 Å². The van der Waals surface area contributed by atoms with Gasteiger partial charge in [0.05, 0.1) is 17.2 Å². The lowest BCUT2D eigenvalue weighted by Crippen LogP contribution is -2.21. The monoisotopic (exact) mass is 247 g/mol. The van der Waals surface area contributed by atoms with Gasteiger partial charge >= 0.3 is 0 Å². The van der Waals surface area contributed by atoms with Crippen molar-refractivity contribution in [3.8, 4) is 0 Å². The Morgan fingerprint density at radius 1 is 1.33 bits per heavy atom. The molecule has 18 heavy (non-hydrogen) atoms. The molecule has 0 saturated carbocycles. The van der Waals surface area contributed by atoms with Gasteiger partial charge in [-0.25, -0.2) is 0 Å². The molecule has 0 spiro atoms. The molecule has 0 aliphatic heterocycles. The average Bonchev–Trinajstić information content (AvgIpc) is 2.83. The molecule has 1 aromatic carbocycles. The van der Waals surface area contributed by atoms with Crippen molar-refractivity contribution in [2.45, 2.75) is 6.04 Å². The van der Waals surface area contributed by atoms with Gasteiger partial charge in [0.15, 0.2) is 0 Å². The van der Waals surface area contributed by atoms with Crippen LogP contribution in [0.3, 0.4) is 0 Å². The van der Waals surface area contributed by atoms with Crippen LogP contribution in [0.1, 0.15) is 17.3 Å². The number of hydrogen-bond donors (Lipinski definition) is 1. The van der Waals surface area contributed by atoms with Gasteiger partial charge < -0.3 is 0 Å². The number of nitro groups is 1. The Morgan fingerprint density at radius 3 is 2.44 bits per heavy atom. The number of non-ortho nitro benzene ring substituents is 1. The summed E-state index contributed by atoms with van der Waals surface area (Å²) in [5.41, 5.74) is 1.78. The van der Waals surface area contributed by atoms with Crippen LogP contribution in [0.5, 0.6) is 0 Å². The summed E-state index contributed by atoms with van der Waals surface area (Å²) in [6.45, 7) is 0. The molecule has 0 bridgehead atoms. The van der Waals surface area contributed by atoms with Crippen molar-refractivity contribution in [2.75, 3.05) is 14.1 Å². The third-order valence-electron chi connectivity index (χ3n) is 2.65. The SMILES string of the molecule is CN(C)C(c1ccc([N+](=O)[O-])cc1)c1cn[nH]n1. The Hall–Kier alpha value is -2.28. The minimum absolute atomic E-state index is 0.0791. The number of nitrogens with one attached hydrogen (secondary N) is 1. The van der Waals surface area contributed by atoms with E-state index < -0.39 is 4.92 Å². The Balaban J connectivity index is 2.35. The standard InChI is InChI=1S/C11H13N5O2/c1-15(2)11(10-7-12-14-13-10)8-3-5-9(6-4-8)16(17)18/h3-7,11H,1-2H3,(H,12,13,14). The van der Waals surface area contributed by atoms with Crippen LogP contribution in [-0.2, 0) is 0 Å². The first-order valence-electron chi connectivity index (χ1n) is 5.36. The van der Waals surface area contributed by atoms with Crippen LogP contribution in [0.4, 0.5) is 5.69 Å². The van der Waals surface area contributed by atoms with Crippen molar-refractivity contribution in [1.82, 2.24) is 20.3 Å². The summed E-state index contributed by atoms with van der Waals surface area (Å²) in [5, 5.41) is 21.0. The van der Waals surface area contributed by atoms with Crippen molar-refractivity contribution >= 4 is 5.69 Å². The molecule has 0 saturated heterocycles. The van der Waals surface area contributed by atoms with Gasteiger partial charge in [-0.15, -0.1) is 0 Å². The molecule has 1 aromatic heterocycles. The van der Waals surface area contributed by atoms with Crippen LogP contribution in [0, 0.1) is 10.1 Å². The molecule has 1 N–H and O–H groups in total. The quantitative estimate of drug-likeness (QED) is 0.651. The summed E-state index contributed by atoms with van der Waals surface area (Å²) < 4.78 is 0. The lowest BCUT2D eigenvalue weighted by atomic mass is 10.0. The number of nitro benzene ring substituents is 1. The Kier molecular flexibility index (Phi) is 3.33. The Labute approximate surface area is 104 Å².